The van der Waals surface area contributed by atoms with Crippen LogP contribution >= 0.6 is 70.7 Å². The van der Waals surface area contributed by atoms with Crippen LogP contribution in [-0.4, -0.2) is 5.11 Å². The summed E-state index contributed by atoms with van der Waals surface area (Å²) in [6.45, 7) is 0. The Morgan fingerprint density at radius 2 is 1.89 bits per heavy atom. The average Bonchev–Trinajstić information content (AvgIpc) is 2.66. The molecule has 0 spiro atoms. The third-order valence-electron chi connectivity index (χ3n) is 2.29. The predicted octanol–water partition coefficient (Wildman–Crippen LogP) is 5.91. The van der Waals surface area contributed by atoms with Crippen molar-refractivity contribution in [2.24, 2.45) is 0 Å². The largest absolute Gasteiger partial charge is 0.383 e. The lowest BCUT2D eigenvalue weighted by Gasteiger charge is -2.11. The van der Waals surface area contributed by atoms with Gasteiger partial charge in [-0.2, -0.15) is 0 Å². The minimum absolute atomic E-state index is 0.0266. The summed E-state index contributed by atoms with van der Waals surface area (Å²) in [4.78, 5) is 0.631. The third kappa shape index (κ3) is 2.83. The van der Waals surface area contributed by atoms with E-state index < -0.39 is 11.9 Å². The molecule has 0 aliphatic heterocycles. The van der Waals surface area contributed by atoms with Gasteiger partial charge in [-0.15, -0.1) is 11.3 Å². The van der Waals surface area contributed by atoms with Gasteiger partial charge in [-0.1, -0.05) is 17.7 Å². The number of rotatable bonds is 2. The van der Waals surface area contributed by atoms with Gasteiger partial charge in [-0.25, -0.2) is 4.39 Å². The molecule has 0 bridgehead atoms. The molecule has 18 heavy (non-hydrogen) atoms. The van der Waals surface area contributed by atoms with Crippen LogP contribution in [0.4, 0.5) is 4.39 Å². The Labute approximate surface area is 137 Å². The Kier molecular flexibility index (Phi) is 4.89. The number of aliphatic hydroxyl groups is 1. The van der Waals surface area contributed by atoms with Gasteiger partial charge in [0.1, 0.15) is 11.9 Å². The maximum Gasteiger partial charge on any atom is 0.149 e. The second-order valence-electron chi connectivity index (χ2n) is 3.44. The van der Waals surface area contributed by atoms with E-state index in [4.69, 9.17) is 11.6 Å². The van der Waals surface area contributed by atoms with Crippen LogP contribution in [0.2, 0.25) is 5.02 Å². The molecule has 0 saturated carbocycles. The second kappa shape index (κ2) is 5.89. The Hall–Kier alpha value is 0.540. The molecule has 2 rings (SSSR count). The zero-order valence-corrected chi connectivity index (χ0v) is 14.9. The minimum Gasteiger partial charge on any atom is -0.383 e. The number of halogens is 5. The van der Waals surface area contributed by atoms with E-state index >= 15 is 0 Å². The fraction of sp³-hybridized carbons (Fsp3) is 0.0909. The number of thiophene rings is 1. The van der Waals surface area contributed by atoms with E-state index in [1.807, 2.05) is 0 Å². The first-order valence-electron chi connectivity index (χ1n) is 4.68. The van der Waals surface area contributed by atoms with Crippen LogP contribution in [0.25, 0.3) is 0 Å². The van der Waals surface area contributed by atoms with E-state index in [9.17, 15) is 9.50 Å². The SMILES string of the molecule is OC(c1cc(Br)c(Br)s1)c1ccc(Br)c(Cl)c1F. The van der Waals surface area contributed by atoms with Gasteiger partial charge in [0.25, 0.3) is 0 Å². The van der Waals surface area contributed by atoms with Gasteiger partial charge in [0, 0.05) is 19.4 Å². The number of benzene rings is 1. The smallest absolute Gasteiger partial charge is 0.149 e. The molecule has 0 aliphatic carbocycles. The summed E-state index contributed by atoms with van der Waals surface area (Å²) in [6, 6.07) is 4.87. The van der Waals surface area contributed by atoms with Crippen LogP contribution in [0.5, 0.6) is 0 Å². The van der Waals surface area contributed by atoms with Crippen molar-refractivity contribution in [3.8, 4) is 0 Å². The Balaban J connectivity index is 2.46. The molecule has 0 fully saturated rings. The van der Waals surface area contributed by atoms with E-state index in [0.717, 1.165) is 8.26 Å². The molecule has 1 atom stereocenters. The predicted molar refractivity (Wildman–Crippen MR) is 82.9 cm³/mol. The standard InChI is InChI=1S/C11H5Br3ClFOS/c12-5-2-1-4(9(16)8(5)15)10(17)7-3-6(13)11(14)18-7/h1-3,10,17H. The highest BCUT2D eigenvalue weighted by Gasteiger charge is 2.21. The molecular weight excluding hydrogens is 474 g/mol. The van der Waals surface area contributed by atoms with Crippen molar-refractivity contribution in [1.82, 2.24) is 0 Å². The average molecular weight is 479 g/mol. The highest BCUT2D eigenvalue weighted by atomic mass is 79.9. The summed E-state index contributed by atoms with van der Waals surface area (Å²) in [5.41, 5.74) is 0.157. The molecular formula is C11H5Br3ClFOS. The maximum atomic E-state index is 14.0. The molecule has 96 valence electrons. The highest BCUT2D eigenvalue weighted by Crippen LogP contribution is 2.39. The van der Waals surface area contributed by atoms with Crippen molar-refractivity contribution >= 4 is 70.7 Å². The van der Waals surface area contributed by atoms with Gasteiger partial charge < -0.3 is 5.11 Å². The van der Waals surface area contributed by atoms with Crippen molar-refractivity contribution in [3.05, 3.63) is 52.2 Å². The lowest BCUT2D eigenvalue weighted by atomic mass is 10.1. The lowest BCUT2D eigenvalue weighted by Crippen LogP contribution is -2.01. The highest BCUT2D eigenvalue weighted by molar-refractivity contribution is 9.13. The van der Waals surface area contributed by atoms with E-state index in [-0.39, 0.29) is 10.6 Å². The Morgan fingerprint density at radius 1 is 1.22 bits per heavy atom. The molecule has 1 heterocycles. The third-order valence-corrected chi connectivity index (χ3v) is 6.86. The molecule has 0 radical (unpaired) electrons. The summed E-state index contributed by atoms with van der Waals surface area (Å²) in [5, 5.41) is 10.2. The van der Waals surface area contributed by atoms with Gasteiger partial charge >= 0.3 is 0 Å². The molecule has 7 heteroatoms. The first-order valence-corrected chi connectivity index (χ1v) is 8.25. The van der Waals surface area contributed by atoms with Gasteiger partial charge in [0.2, 0.25) is 0 Å². The van der Waals surface area contributed by atoms with Crippen LogP contribution in [-0.2, 0) is 0 Å². The summed E-state index contributed by atoms with van der Waals surface area (Å²) >= 11 is 16.9. The van der Waals surface area contributed by atoms with E-state index in [2.05, 4.69) is 47.8 Å². The Bertz CT molecular complexity index is 583. The van der Waals surface area contributed by atoms with Crippen molar-refractivity contribution in [3.63, 3.8) is 0 Å². The number of hydrogen-bond acceptors (Lipinski definition) is 2. The van der Waals surface area contributed by atoms with Crippen LogP contribution in [0.3, 0.4) is 0 Å². The van der Waals surface area contributed by atoms with E-state index in [1.54, 1.807) is 12.1 Å². The van der Waals surface area contributed by atoms with E-state index in [0.29, 0.717) is 9.35 Å². The molecule has 1 aromatic carbocycles. The normalized spacial score (nSPS) is 12.8. The molecule has 0 aliphatic rings. The van der Waals surface area contributed by atoms with Crippen LogP contribution in [0.15, 0.2) is 30.9 Å². The topological polar surface area (TPSA) is 20.2 Å². The quantitative estimate of drug-likeness (QED) is 0.531. The summed E-state index contributed by atoms with van der Waals surface area (Å²) in [7, 11) is 0. The summed E-state index contributed by atoms with van der Waals surface area (Å²) in [5.74, 6) is -0.612. The Morgan fingerprint density at radius 3 is 2.44 bits per heavy atom. The molecule has 0 saturated heterocycles. The molecule has 2 aromatic rings. The van der Waals surface area contributed by atoms with Crippen molar-refractivity contribution < 1.29 is 9.50 Å². The van der Waals surface area contributed by atoms with Crippen LogP contribution < -0.4 is 0 Å². The first kappa shape index (κ1) is 14.9. The number of aliphatic hydroxyl groups excluding tert-OH is 1. The van der Waals surface area contributed by atoms with Gasteiger partial charge in [-0.3, -0.25) is 0 Å². The molecule has 1 unspecified atom stereocenters. The molecule has 1 aromatic heterocycles. The summed E-state index contributed by atoms with van der Waals surface area (Å²) < 4.78 is 16.1. The van der Waals surface area contributed by atoms with Gasteiger partial charge in [0.05, 0.1) is 8.81 Å². The monoisotopic (exact) mass is 476 g/mol. The molecule has 1 nitrogen and oxygen atoms in total. The van der Waals surface area contributed by atoms with Crippen molar-refractivity contribution in [1.29, 1.82) is 0 Å². The zero-order chi connectivity index (χ0) is 13.4. The first-order chi connectivity index (χ1) is 8.41. The minimum atomic E-state index is -1.04. The fourth-order valence-corrected chi connectivity index (χ4v) is 3.98. The summed E-state index contributed by atoms with van der Waals surface area (Å²) in [6.07, 6.45) is -1.04. The van der Waals surface area contributed by atoms with Crippen molar-refractivity contribution in [2.45, 2.75) is 6.10 Å². The zero-order valence-electron chi connectivity index (χ0n) is 8.55. The number of hydrogen-bond donors (Lipinski definition) is 1. The van der Waals surface area contributed by atoms with Gasteiger partial charge in [-0.05, 0) is 59.9 Å². The van der Waals surface area contributed by atoms with E-state index in [1.165, 1.54) is 17.4 Å². The molecule has 0 amide bonds. The van der Waals surface area contributed by atoms with Crippen LogP contribution in [0.1, 0.15) is 16.5 Å². The maximum absolute atomic E-state index is 14.0. The molecule has 1 N–H and O–H groups in total. The fourth-order valence-electron chi connectivity index (χ4n) is 1.40. The van der Waals surface area contributed by atoms with Crippen molar-refractivity contribution in [2.75, 3.05) is 0 Å². The van der Waals surface area contributed by atoms with Gasteiger partial charge in [0.15, 0.2) is 0 Å². The van der Waals surface area contributed by atoms with Crippen LogP contribution in [0, 0.1) is 5.82 Å². The lowest BCUT2D eigenvalue weighted by molar-refractivity contribution is 0.218. The second-order valence-corrected chi connectivity index (χ2v) is 7.93.